The number of nitrogens with one attached hydrogen (secondary N) is 1. The average molecular weight is 246 g/mol. The zero-order valence-corrected chi connectivity index (χ0v) is 10.00. The summed E-state index contributed by atoms with van der Waals surface area (Å²) in [6, 6.07) is 10.2. The lowest BCUT2D eigenvalue weighted by atomic mass is 10.1. The van der Waals surface area contributed by atoms with Crippen molar-refractivity contribution in [2.45, 2.75) is 19.4 Å². The molecule has 0 bridgehead atoms. The Hall–Kier alpha value is -2.30. The molecular weight excluding hydrogens is 232 g/mol. The number of nitro benzene ring substituents is 1. The van der Waals surface area contributed by atoms with Crippen LogP contribution in [0.2, 0.25) is 0 Å². The normalized spacial score (nSPS) is 12.1. The van der Waals surface area contributed by atoms with Gasteiger partial charge in [-0.3, -0.25) is 10.1 Å². The third kappa shape index (κ3) is 2.68. The first-order chi connectivity index (χ1) is 8.70. The van der Waals surface area contributed by atoms with E-state index < -0.39 is 4.92 Å². The predicted octanol–water partition coefficient (Wildman–Crippen LogP) is 3.75. The van der Waals surface area contributed by atoms with Crippen LogP contribution in [0, 0.1) is 10.1 Å². The molecule has 0 spiro atoms. The minimum atomic E-state index is -0.404. The maximum Gasteiger partial charge on any atom is 0.271 e. The van der Waals surface area contributed by atoms with E-state index >= 15 is 0 Å². The zero-order valence-electron chi connectivity index (χ0n) is 10.00. The van der Waals surface area contributed by atoms with Crippen molar-refractivity contribution in [3.63, 3.8) is 0 Å². The molecule has 0 saturated heterocycles. The first-order valence-electron chi connectivity index (χ1n) is 5.75. The molecule has 0 radical (unpaired) electrons. The molecule has 0 amide bonds. The second-order valence-corrected chi connectivity index (χ2v) is 3.93. The van der Waals surface area contributed by atoms with Crippen molar-refractivity contribution in [2.24, 2.45) is 0 Å². The van der Waals surface area contributed by atoms with Crippen LogP contribution < -0.4 is 5.32 Å². The highest BCUT2D eigenvalue weighted by Gasteiger charge is 2.13. The van der Waals surface area contributed by atoms with Crippen LogP contribution in [0.5, 0.6) is 0 Å². The van der Waals surface area contributed by atoms with E-state index in [0.717, 1.165) is 12.2 Å². The van der Waals surface area contributed by atoms with Gasteiger partial charge in [0.1, 0.15) is 5.76 Å². The molecule has 18 heavy (non-hydrogen) atoms. The highest BCUT2D eigenvalue weighted by molar-refractivity contribution is 5.51. The van der Waals surface area contributed by atoms with Gasteiger partial charge >= 0.3 is 0 Å². The smallest absolute Gasteiger partial charge is 0.271 e. The van der Waals surface area contributed by atoms with Crippen molar-refractivity contribution in [1.29, 1.82) is 0 Å². The van der Waals surface area contributed by atoms with Gasteiger partial charge in [0.05, 0.1) is 17.2 Å². The highest BCUT2D eigenvalue weighted by Crippen LogP contribution is 2.25. The minimum Gasteiger partial charge on any atom is -0.467 e. The molecule has 1 heterocycles. The lowest BCUT2D eigenvalue weighted by Gasteiger charge is -2.15. The summed E-state index contributed by atoms with van der Waals surface area (Å²) in [4.78, 5) is 10.3. The van der Waals surface area contributed by atoms with E-state index in [2.05, 4.69) is 5.32 Å². The standard InChI is InChI=1S/C13H14N2O3/c1-2-12(13-7-4-8-18-13)14-10-5-3-6-11(9-10)15(16)17/h3-9,12,14H,2H2,1H3. The van der Waals surface area contributed by atoms with Crippen molar-refractivity contribution in [3.8, 4) is 0 Å². The van der Waals surface area contributed by atoms with Crippen LogP contribution in [-0.2, 0) is 0 Å². The van der Waals surface area contributed by atoms with Crippen molar-refractivity contribution < 1.29 is 9.34 Å². The van der Waals surface area contributed by atoms with Crippen molar-refractivity contribution >= 4 is 11.4 Å². The quantitative estimate of drug-likeness (QED) is 0.644. The Bertz CT molecular complexity index is 523. The van der Waals surface area contributed by atoms with Gasteiger partial charge in [-0.1, -0.05) is 13.0 Å². The van der Waals surface area contributed by atoms with E-state index in [0.29, 0.717) is 5.69 Å². The molecule has 1 N–H and O–H groups in total. The summed E-state index contributed by atoms with van der Waals surface area (Å²) in [6.07, 6.45) is 2.45. The molecule has 94 valence electrons. The Kier molecular flexibility index (Phi) is 3.62. The van der Waals surface area contributed by atoms with E-state index in [9.17, 15) is 10.1 Å². The maximum absolute atomic E-state index is 10.7. The monoisotopic (exact) mass is 246 g/mol. The predicted molar refractivity (Wildman–Crippen MR) is 68.5 cm³/mol. The Labute approximate surface area is 105 Å². The molecule has 1 aromatic carbocycles. The van der Waals surface area contributed by atoms with Crippen LogP contribution in [-0.4, -0.2) is 4.92 Å². The molecule has 0 aliphatic carbocycles. The van der Waals surface area contributed by atoms with Crippen LogP contribution in [0.25, 0.3) is 0 Å². The Morgan fingerprint density at radius 3 is 2.83 bits per heavy atom. The maximum atomic E-state index is 10.7. The van der Waals surface area contributed by atoms with Gasteiger partial charge in [0, 0.05) is 17.8 Å². The molecule has 5 nitrogen and oxygen atoms in total. The van der Waals surface area contributed by atoms with Gasteiger partial charge in [0.15, 0.2) is 0 Å². The Morgan fingerprint density at radius 1 is 1.39 bits per heavy atom. The van der Waals surface area contributed by atoms with Crippen LogP contribution in [0.15, 0.2) is 47.1 Å². The molecule has 0 saturated carbocycles. The second kappa shape index (κ2) is 5.35. The molecule has 1 atom stereocenters. The molecule has 1 unspecified atom stereocenters. The largest absolute Gasteiger partial charge is 0.467 e. The molecular formula is C13H14N2O3. The number of hydrogen-bond acceptors (Lipinski definition) is 4. The number of nitrogens with zero attached hydrogens (tertiary/aromatic N) is 1. The van der Waals surface area contributed by atoms with Gasteiger partial charge in [-0.15, -0.1) is 0 Å². The molecule has 2 rings (SSSR count). The Balaban J connectivity index is 2.17. The highest BCUT2D eigenvalue weighted by atomic mass is 16.6. The summed E-state index contributed by atoms with van der Waals surface area (Å²) in [5.74, 6) is 0.823. The summed E-state index contributed by atoms with van der Waals surface area (Å²) in [5.41, 5.74) is 0.793. The fourth-order valence-corrected chi connectivity index (χ4v) is 1.77. The summed E-state index contributed by atoms with van der Waals surface area (Å²) in [7, 11) is 0. The van der Waals surface area contributed by atoms with E-state index in [1.54, 1.807) is 18.4 Å². The van der Waals surface area contributed by atoms with Crippen molar-refractivity contribution in [1.82, 2.24) is 0 Å². The topological polar surface area (TPSA) is 68.3 Å². The fourth-order valence-electron chi connectivity index (χ4n) is 1.77. The molecule has 0 aliphatic rings. The number of rotatable bonds is 5. The van der Waals surface area contributed by atoms with E-state index in [1.165, 1.54) is 12.1 Å². The number of nitro groups is 1. The summed E-state index contributed by atoms with van der Waals surface area (Å²) >= 11 is 0. The zero-order chi connectivity index (χ0) is 13.0. The fraction of sp³-hybridized carbons (Fsp3) is 0.231. The minimum absolute atomic E-state index is 0.0157. The SMILES string of the molecule is CCC(Nc1cccc([N+](=O)[O-])c1)c1ccco1. The van der Waals surface area contributed by atoms with Gasteiger partial charge in [0.2, 0.25) is 0 Å². The van der Waals surface area contributed by atoms with E-state index in [-0.39, 0.29) is 11.7 Å². The van der Waals surface area contributed by atoms with Gasteiger partial charge in [-0.25, -0.2) is 0 Å². The van der Waals surface area contributed by atoms with Crippen LogP contribution in [0.1, 0.15) is 25.1 Å². The van der Waals surface area contributed by atoms with Crippen LogP contribution in [0.4, 0.5) is 11.4 Å². The molecule has 0 aliphatic heterocycles. The second-order valence-electron chi connectivity index (χ2n) is 3.93. The summed E-state index contributed by atoms with van der Waals surface area (Å²) in [5, 5.41) is 13.9. The third-order valence-electron chi connectivity index (χ3n) is 2.69. The van der Waals surface area contributed by atoms with Crippen molar-refractivity contribution in [3.05, 3.63) is 58.5 Å². The number of hydrogen-bond donors (Lipinski definition) is 1. The number of anilines is 1. The molecule has 1 aromatic heterocycles. The summed E-state index contributed by atoms with van der Waals surface area (Å²) < 4.78 is 5.34. The number of benzene rings is 1. The van der Waals surface area contributed by atoms with E-state index in [4.69, 9.17) is 4.42 Å². The van der Waals surface area contributed by atoms with E-state index in [1.807, 2.05) is 19.1 Å². The molecule has 2 aromatic rings. The Morgan fingerprint density at radius 2 is 2.22 bits per heavy atom. The van der Waals surface area contributed by atoms with Gasteiger partial charge < -0.3 is 9.73 Å². The van der Waals surface area contributed by atoms with Gasteiger partial charge in [-0.05, 0) is 24.6 Å². The third-order valence-corrected chi connectivity index (χ3v) is 2.69. The number of non-ortho nitro benzene ring substituents is 1. The summed E-state index contributed by atoms with van der Waals surface area (Å²) in [6.45, 7) is 2.03. The van der Waals surface area contributed by atoms with Gasteiger partial charge in [-0.2, -0.15) is 0 Å². The number of furan rings is 1. The van der Waals surface area contributed by atoms with Crippen LogP contribution >= 0.6 is 0 Å². The first kappa shape index (κ1) is 12.2. The lowest BCUT2D eigenvalue weighted by Crippen LogP contribution is -2.08. The van der Waals surface area contributed by atoms with Gasteiger partial charge in [0.25, 0.3) is 5.69 Å². The molecule has 0 fully saturated rings. The molecule has 5 heteroatoms. The lowest BCUT2D eigenvalue weighted by molar-refractivity contribution is -0.384. The van der Waals surface area contributed by atoms with Crippen LogP contribution in [0.3, 0.4) is 0 Å². The average Bonchev–Trinajstić information content (AvgIpc) is 2.90. The van der Waals surface area contributed by atoms with Crippen molar-refractivity contribution in [2.75, 3.05) is 5.32 Å². The first-order valence-corrected chi connectivity index (χ1v) is 5.75.